The van der Waals surface area contributed by atoms with Crippen LogP contribution in [0, 0.1) is 0 Å². The van der Waals surface area contributed by atoms with Crippen molar-refractivity contribution in [3.63, 3.8) is 0 Å². The number of hydrogen-bond donors (Lipinski definition) is 3. The van der Waals surface area contributed by atoms with Crippen molar-refractivity contribution >= 4 is 49.5 Å². The third-order valence-corrected chi connectivity index (χ3v) is 5.47. The number of ether oxygens (including phenoxy) is 1. The first kappa shape index (κ1) is 13.8. The first-order valence-electron chi connectivity index (χ1n) is 8.59. The first-order chi connectivity index (χ1) is 12.8. The van der Waals surface area contributed by atoms with Gasteiger partial charge in [0.15, 0.2) is 0 Å². The Morgan fingerprint density at radius 1 is 0.923 bits per heavy atom. The summed E-state index contributed by atoms with van der Waals surface area (Å²) in [5.74, 6) is 0.767. The molecule has 26 heavy (non-hydrogen) atoms. The number of nitrogens with one attached hydrogen (secondary N) is 3. The van der Waals surface area contributed by atoms with E-state index in [0.717, 1.165) is 60.5 Å². The summed E-state index contributed by atoms with van der Waals surface area (Å²) in [6, 6.07) is 14.2. The highest BCUT2D eigenvalue weighted by Gasteiger charge is 2.29. The van der Waals surface area contributed by atoms with Gasteiger partial charge >= 0.3 is 0 Å². The minimum Gasteiger partial charge on any atom is -0.497 e. The number of hydrogen-bond acceptors (Lipinski definition) is 2. The monoisotopic (exact) mass is 341 g/mol. The van der Waals surface area contributed by atoms with Crippen LogP contribution in [0.3, 0.4) is 0 Å². The lowest BCUT2D eigenvalue weighted by Crippen LogP contribution is -2.12. The van der Waals surface area contributed by atoms with Gasteiger partial charge in [0.1, 0.15) is 5.75 Å². The molecule has 5 aromatic rings. The predicted octanol–water partition coefficient (Wildman–Crippen LogP) is 4.21. The molecule has 5 nitrogen and oxygen atoms in total. The first-order valence-corrected chi connectivity index (χ1v) is 8.59. The lowest BCUT2D eigenvalue weighted by Gasteiger charge is -2.04. The molecule has 6 rings (SSSR count). The van der Waals surface area contributed by atoms with Crippen molar-refractivity contribution in [3.05, 3.63) is 53.6 Å². The minimum absolute atomic E-state index is 0.0131. The number of methoxy groups -OCH3 is 1. The van der Waals surface area contributed by atoms with Crippen LogP contribution >= 0.6 is 0 Å². The molecule has 3 aromatic carbocycles. The van der Waals surface area contributed by atoms with Crippen LogP contribution in [0.1, 0.15) is 15.9 Å². The fourth-order valence-electron chi connectivity index (χ4n) is 4.35. The van der Waals surface area contributed by atoms with Crippen molar-refractivity contribution in [2.24, 2.45) is 0 Å². The van der Waals surface area contributed by atoms with Gasteiger partial charge < -0.3 is 20.0 Å². The Morgan fingerprint density at radius 3 is 2.54 bits per heavy atom. The number of carbonyl (C=O) groups excluding carboxylic acids is 1. The van der Waals surface area contributed by atoms with Crippen LogP contribution in [-0.2, 0) is 6.54 Å². The van der Waals surface area contributed by atoms with Gasteiger partial charge in [0.05, 0.1) is 23.7 Å². The summed E-state index contributed by atoms with van der Waals surface area (Å²) >= 11 is 0. The topological polar surface area (TPSA) is 69.9 Å². The van der Waals surface area contributed by atoms with Gasteiger partial charge in [-0.05, 0) is 29.8 Å². The van der Waals surface area contributed by atoms with E-state index in [0.29, 0.717) is 6.54 Å². The second kappa shape index (κ2) is 4.58. The van der Waals surface area contributed by atoms with Crippen LogP contribution in [0.15, 0.2) is 42.5 Å². The number of para-hydroxylation sites is 1. The molecule has 0 spiro atoms. The van der Waals surface area contributed by atoms with Gasteiger partial charge in [-0.3, -0.25) is 4.79 Å². The SMILES string of the molecule is COc1ccc2[nH]c3c4[nH]c5ccccc5c4c4c(c3c2c1)C(=O)NC4. The van der Waals surface area contributed by atoms with E-state index < -0.39 is 0 Å². The number of benzene rings is 3. The molecule has 0 unspecified atom stereocenters. The number of aromatic amines is 2. The van der Waals surface area contributed by atoms with E-state index in [4.69, 9.17) is 4.74 Å². The van der Waals surface area contributed by atoms with E-state index in [1.807, 2.05) is 30.3 Å². The number of carbonyl (C=O) groups is 1. The highest BCUT2D eigenvalue weighted by molar-refractivity contribution is 6.30. The van der Waals surface area contributed by atoms with Crippen LogP contribution < -0.4 is 10.1 Å². The molecule has 3 heterocycles. The third-order valence-electron chi connectivity index (χ3n) is 5.47. The van der Waals surface area contributed by atoms with Crippen molar-refractivity contribution in [2.45, 2.75) is 6.54 Å². The average Bonchev–Trinajstić information content (AvgIpc) is 3.33. The molecule has 0 saturated heterocycles. The lowest BCUT2D eigenvalue weighted by atomic mass is 9.97. The zero-order valence-corrected chi connectivity index (χ0v) is 14.1. The highest BCUT2D eigenvalue weighted by Crippen LogP contribution is 2.42. The summed E-state index contributed by atoms with van der Waals surface area (Å²) in [7, 11) is 1.66. The maximum atomic E-state index is 12.7. The van der Waals surface area contributed by atoms with Crippen molar-refractivity contribution < 1.29 is 9.53 Å². The molecule has 0 saturated carbocycles. The quantitative estimate of drug-likeness (QED) is 0.427. The molecule has 2 aromatic heterocycles. The number of aromatic nitrogens is 2. The molecular weight excluding hydrogens is 326 g/mol. The summed E-state index contributed by atoms with van der Waals surface area (Å²) in [6.45, 7) is 0.555. The molecule has 5 heteroatoms. The number of H-pyrrole nitrogens is 2. The molecule has 0 bridgehead atoms. The van der Waals surface area contributed by atoms with E-state index in [1.54, 1.807) is 7.11 Å². The molecule has 0 aliphatic carbocycles. The van der Waals surface area contributed by atoms with Gasteiger partial charge in [-0.15, -0.1) is 0 Å². The highest BCUT2D eigenvalue weighted by atomic mass is 16.5. The lowest BCUT2D eigenvalue weighted by molar-refractivity contribution is 0.0967. The Hall–Kier alpha value is -3.47. The maximum absolute atomic E-state index is 12.7. The second-order valence-electron chi connectivity index (χ2n) is 6.74. The van der Waals surface area contributed by atoms with E-state index in [1.165, 1.54) is 0 Å². The molecule has 126 valence electrons. The number of amides is 1. The van der Waals surface area contributed by atoms with Crippen LogP contribution in [-0.4, -0.2) is 23.0 Å². The normalized spacial score (nSPS) is 13.8. The summed E-state index contributed by atoms with van der Waals surface area (Å²) < 4.78 is 5.40. The molecule has 0 radical (unpaired) electrons. The van der Waals surface area contributed by atoms with Gasteiger partial charge in [-0.1, -0.05) is 18.2 Å². The smallest absolute Gasteiger partial charge is 0.252 e. The van der Waals surface area contributed by atoms with E-state index in [9.17, 15) is 4.79 Å². The molecular formula is C21H15N3O2. The number of rotatable bonds is 1. The minimum atomic E-state index is -0.0131. The Bertz CT molecular complexity index is 1390. The van der Waals surface area contributed by atoms with Crippen molar-refractivity contribution in [3.8, 4) is 5.75 Å². The Labute approximate surface area is 147 Å². The Morgan fingerprint density at radius 2 is 1.69 bits per heavy atom. The molecule has 1 aliphatic heterocycles. The zero-order chi connectivity index (χ0) is 17.4. The van der Waals surface area contributed by atoms with Gasteiger partial charge in [0.25, 0.3) is 5.91 Å². The van der Waals surface area contributed by atoms with Gasteiger partial charge in [-0.25, -0.2) is 0 Å². The van der Waals surface area contributed by atoms with Crippen molar-refractivity contribution in [1.82, 2.24) is 15.3 Å². The second-order valence-corrected chi connectivity index (χ2v) is 6.74. The van der Waals surface area contributed by atoms with Crippen LogP contribution in [0.5, 0.6) is 5.75 Å². The summed E-state index contributed by atoms with van der Waals surface area (Å²) in [5, 5.41) is 7.25. The fraction of sp³-hybridized carbons (Fsp3) is 0.0952. The van der Waals surface area contributed by atoms with Gasteiger partial charge in [-0.2, -0.15) is 0 Å². The molecule has 1 amide bonds. The Balaban J connectivity index is 1.94. The van der Waals surface area contributed by atoms with Crippen molar-refractivity contribution in [1.29, 1.82) is 0 Å². The predicted molar refractivity (Wildman–Crippen MR) is 103 cm³/mol. The number of fused-ring (bicyclic) bond motifs is 10. The molecule has 1 aliphatic rings. The summed E-state index contributed by atoms with van der Waals surface area (Å²) in [5.41, 5.74) is 5.93. The largest absolute Gasteiger partial charge is 0.497 e. The molecule has 0 atom stereocenters. The van der Waals surface area contributed by atoms with E-state index in [2.05, 4.69) is 27.4 Å². The summed E-state index contributed by atoms with van der Waals surface area (Å²) in [6.07, 6.45) is 0. The van der Waals surface area contributed by atoms with Crippen LogP contribution in [0.25, 0.3) is 43.6 Å². The zero-order valence-electron chi connectivity index (χ0n) is 14.1. The molecule has 3 N–H and O–H groups in total. The standard InChI is InChI=1S/C21H15N3O2/c1-26-10-6-7-15-12(8-10)17-18-13(9-22-21(18)25)16-11-4-2-3-5-14(11)23-19(16)20(17)24-15/h2-8,23-24H,9H2,1H3,(H,22,25). The van der Waals surface area contributed by atoms with Crippen molar-refractivity contribution in [2.75, 3.05) is 7.11 Å². The fourth-order valence-corrected chi connectivity index (χ4v) is 4.35. The van der Waals surface area contributed by atoms with E-state index in [-0.39, 0.29) is 5.91 Å². The van der Waals surface area contributed by atoms with Gasteiger partial charge in [0.2, 0.25) is 0 Å². The maximum Gasteiger partial charge on any atom is 0.252 e. The summed E-state index contributed by atoms with van der Waals surface area (Å²) in [4.78, 5) is 19.8. The molecule has 0 fully saturated rings. The van der Waals surface area contributed by atoms with Crippen LogP contribution in [0.4, 0.5) is 0 Å². The van der Waals surface area contributed by atoms with E-state index >= 15 is 0 Å². The van der Waals surface area contributed by atoms with Gasteiger partial charge in [0, 0.05) is 39.1 Å². The average molecular weight is 341 g/mol. The Kier molecular flexibility index (Phi) is 2.43. The third kappa shape index (κ3) is 1.53. The van der Waals surface area contributed by atoms with Crippen LogP contribution in [0.2, 0.25) is 0 Å².